The van der Waals surface area contributed by atoms with Gasteiger partial charge in [-0.3, -0.25) is 4.79 Å². The van der Waals surface area contributed by atoms with Crippen LogP contribution in [-0.2, 0) is 6.54 Å². The molecule has 0 saturated heterocycles. The molecule has 3 nitrogen and oxygen atoms in total. The number of nitrogens with one attached hydrogen (secondary N) is 1. The van der Waals surface area contributed by atoms with Crippen molar-refractivity contribution in [3.05, 3.63) is 45.2 Å². The van der Waals surface area contributed by atoms with Gasteiger partial charge in [-0.15, -0.1) is 0 Å². The SMILES string of the molecule is C=C/C=c1/c(=O)[nH]c(CN)c/c1=C/C. The third kappa shape index (κ3) is 2.00. The molecule has 0 spiro atoms. The second-order valence-electron chi connectivity index (χ2n) is 2.89. The van der Waals surface area contributed by atoms with Crippen LogP contribution in [0.2, 0.25) is 0 Å². The quantitative estimate of drug-likeness (QED) is 0.666. The van der Waals surface area contributed by atoms with Gasteiger partial charge in [0.15, 0.2) is 0 Å². The van der Waals surface area contributed by atoms with E-state index < -0.39 is 0 Å². The number of aromatic nitrogens is 1. The zero-order valence-electron chi connectivity index (χ0n) is 8.21. The summed E-state index contributed by atoms with van der Waals surface area (Å²) in [5.41, 5.74) is 6.07. The van der Waals surface area contributed by atoms with E-state index in [-0.39, 0.29) is 5.56 Å². The Morgan fingerprint density at radius 1 is 1.64 bits per heavy atom. The van der Waals surface area contributed by atoms with Crippen LogP contribution in [0, 0.1) is 0 Å². The van der Waals surface area contributed by atoms with E-state index in [4.69, 9.17) is 5.73 Å². The molecule has 1 heterocycles. The average molecular weight is 190 g/mol. The Morgan fingerprint density at radius 3 is 2.86 bits per heavy atom. The zero-order valence-corrected chi connectivity index (χ0v) is 8.21. The number of pyridine rings is 1. The van der Waals surface area contributed by atoms with Crippen LogP contribution in [0.5, 0.6) is 0 Å². The lowest BCUT2D eigenvalue weighted by Crippen LogP contribution is -2.41. The van der Waals surface area contributed by atoms with Crippen molar-refractivity contribution in [3.8, 4) is 0 Å². The van der Waals surface area contributed by atoms with Gasteiger partial charge in [0.1, 0.15) is 0 Å². The third-order valence-electron chi connectivity index (χ3n) is 1.97. The Balaban J connectivity index is 3.70. The molecule has 1 aromatic heterocycles. The van der Waals surface area contributed by atoms with Crippen LogP contribution in [0.25, 0.3) is 12.2 Å². The summed E-state index contributed by atoms with van der Waals surface area (Å²) in [7, 11) is 0. The third-order valence-corrected chi connectivity index (χ3v) is 1.97. The Bertz CT molecular complexity index is 497. The highest BCUT2D eigenvalue weighted by Gasteiger charge is 1.94. The Kier molecular flexibility index (Phi) is 3.42. The monoisotopic (exact) mass is 190 g/mol. The first-order chi connectivity index (χ1) is 6.72. The van der Waals surface area contributed by atoms with Crippen molar-refractivity contribution in [1.82, 2.24) is 4.98 Å². The minimum absolute atomic E-state index is 0.124. The topological polar surface area (TPSA) is 58.9 Å². The van der Waals surface area contributed by atoms with Gasteiger partial charge in [-0.2, -0.15) is 0 Å². The second kappa shape index (κ2) is 4.58. The smallest absolute Gasteiger partial charge is 0.256 e. The summed E-state index contributed by atoms with van der Waals surface area (Å²) in [6.07, 6.45) is 5.16. The van der Waals surface area contributed by atoms with Crippen molar-refractivity contribution in [3.63, 3.8) is 0 Å². The molecule has 0 aromatic carbocycles. The molecular weight excluding hydrogens is 176 g/mol. The largest absolute Gasteiger partial charge is 0.325 e. The van der Waals surface area contributed by atoms with Crippen LogP contribution in [-0.4, -0.2) is 4.98 Å². The molecule has 0 aliphatic rings. The lowest BCUT2D eigenvalue weighted by molar-refractivity contribution is 0.960. The standard InChI is InChI=1S/C11H14N2O/c1-3-5-10-8(4-2)6-9(7-12)13-11(10)14/h3-6H,1,7,12H2,2H3,(H,13,14)/b8-4-,10-5+. The molecule has 0 fully saturated rings. The summed E-state index contributed by atoms with van der Waals surface area (Å²) in [6.45, 7) is 5.79. The van der Waals surface area contributed by atoms with Gasteiger partial charge in [0, 0.05) is 17.5 Å². The van der Waals surface area contributed by atoms with Crippen molar-refractivity contribution in [2.24, 2.45) is 5.73 Å². The molecule has 0 atom stereocenters. The molecule has 0 amide bonds. The summed E-state index contributed by atoms with van der Waals surface area (Å²) in [5, 5.41) is 1.51. The molecule has 74 valence electrons. The molecular formula is C11H14N2O. The van der Waals surface area contributed by atoms with Crippen LogP contribution in [0.1, 0.15) is 12.6 Å². The molecule has 0 saturated carbocycles. The zero-order chi connectivity index (χ0) is 10.6. The summed E-state index contributed by atoms with van der Waals surface area (Å²) < 4.78 is 0. The average Bonchev–Trinajstić information content (AvgIpc) is 2.20. The lowest BCUT2D eigenvalue weighted by atomic mass is 10.2. The molecule has 1 aromatic rings. The highest BCUT2D eigenvalue weighted by Crippen LogP contribution is 1.79. The van der Waals surface area contributed by atoms with E-state index in [1.807, 2.05) is 19.1 Å². The highest BCUT2D eigenvalue weighted by atomic mass is 16.1. The molecule has 3 heteroatoms. The predicted molar refractivity (Wildman–Crippen MR) is 59.0 cm³/mol. The van der Waals surface area contributed by atoms with E-state index in [1.165, 1.54) is 0 Å². The number of H-pyrrole nitrogens is 1. The molecule has 0 unspecified atom stereocenters. The maximum atomic E-state index is 11.6. The van der Waals surface area contributed by atoms with Gasteiger partial charge in [0.2, 0.25) is 0 Å². The summed E-state index contributed by atoms with van der Waals surface area (Å²) in [4.78, 5) is 14.3. The molecule has 14 heavy (non-hydrogen) atoms. The summed E-state index contributed by atoms with van der Waals surface area (Å²) in [6, 6.07) is 1.87. The Labute approximate surface area is 82.3 Å². The van der Waals surface area contributed by atoms with Gasteiger partial charge in [0.25, 0.3) is 5.56 Å². The van der Waals surface area contributed by atoms with E-state index in [1.54, 1.807) is 12.2 Å². The van der Waals surface area contributed by atoms with Crippen molar-refractivity contribution in [2.75, 3.05) is 0 Å². The normalized spacial score (nSPS) is 13.3. The van der Waals surface area contributed by atoms with Gasteiger partial charge in [-0.25, -0.2) is 0 Å². The van der Waals surface area contributed by atoms with Crippen molar-refractivity contribution in [2.45, 2.75) is 13.5 Å². The van der Waals surface area contributed by atoms with Crippen molar-refractivity contribution < 1.29 is 0 Å². The van der Waals surface area contributed by atoms with Crippen LogP contribution in [0.4, 0.5) is 0 Å². The molecule has 0 bridgehead atoms. The Hall–Kier alpha value is -1.61. The highest BCUT2D eigenvalue weighted by molar-refractivity contribution is 5.37. The van der Waals surface area contributed by atoms with Gasteiger partial charge < -0.3 is 10.7 Å². The van der Waals surface area contributed by atoms with E-state index in [2.05, 4.69) is 11.6 Å². The van der Waals surface area contributed by atoms with Crippen LogP contribution in [0.15, 0.2) is 23.5 Å². The number of allylic oxidation sites excluding steroid dienone is 1. The van der Waals surface area contributed by atoms with Crippen LogP contribution < -0.4 is 21.7 Å². The van der Waals surface area contributed by atoms with Gasteiger partial charge in [0.05, 0.1) is 0 Å². The van der Waals surface area contributed by atoms with Crippen molar-refractivity contribution >= 4 is 12.2 Å². The van der Waals surface area contributed by atoms with Crippen molar-refractivity contribution in [1.29, 1.82) is 0 Å². The van der Waals surface area contributed by atoms with Crippen LogP contribution in [0.3, 0.4) is 0 Å². The number of hydrogen-bond acceptors (Lipinski definition) is 2. The Morgan fingerprint density at radius 2 is 2.36 bits per heavy atom. The fourth-order valence-corrected chi connectivity index (χ4v) is 1.28. The minimum Gasteiger partial charge on any atom is -0.325 e. The number of nitrogens with two attached hydrogens (primary N) is 1. The summed E-state index contributed by atoms with van der Waals surface area (Å²) in [5.74, 6) is 0. The number of aromatic amines is 1. The fraction of sp³-hybridized carbons (Fsp3) is 0.182. The van der Waals surface area contributed by atoms with E-state index in [0.717, 1.165) is 10.9 Å². The number of hydrogen-bond donors (Lipinski definition) is 2. The van der Waals surface area contributed by atoms with E-state index >= 15 is 0 Å². The summed E-state index contributed by atoms with van der Waals surface area (Å²) >= 11 is 0. The lowest BCUT2D eigenvalue weighted by Gasteiger charge is -1.96. The van der Waals surface area contributed by atoms with E-state index in [9.17, 15) is 4.79 Å². The van der Waals surface area contributed by atoms with Gasteiger partial charge in [-0.1, -0.05) is 18.7 Å². The maximum Gasteiger partial charge on any atom is 0.256 e. The van der Waals surface area contributed by atoms with Crippen LogP contribution >= 0.6 is 0 Å². The van der Waals surface area contributed by atoms with E-state index in [0.29, 0.717) is 11.8 Å². The predicted octanol–water partition coefficient (Wildman–Crippen LogP) is -0.399. The molecule has 1 rings (SSSR count). The molecule has 0 aliphatic carbocycles. The first-order valence-electron chi connectivity index (χ1n) is 4.44. The fourth-order valence-electron chi connectivity index (χ4n) is 1.28. The molecule has 3 N–H and O–H groups in total. The van der Waals surface area contributed by atoms with Gasteiger partial charge in [-0.05, 0) is 24.3 Å². The minimum atomic E-state index is -0.124. The number of rotatable bonds is 2. The molecule has 0 radical (unpaired) electrons. The maximum absolute atomic E-state index is 11.6. The van der Waals surface area contributed by atoms with Gasteiger partial charge >= 0.3 is 0 Å². The molecule has 0 aliphatic heterocycles. The first kappa shape index (κ1) is 10.5. The second-order valence-corrected chi connectivity index (χ2v) is 2.89. The first-order valence-corrected chi connectivity index (χ1v) is 4.44.